The summed E-state index contributed by atoms with van der Waals surface area (Å²) in [7, 11) is 2.26. The van der Waals surface area contributed by atoms with Crippen molar-refractivity contribution in [3.05, 3.63) is 0 Å². The van der Waals surface area contributed by atoms with Gasteiger partial charge in [0, 0.05) is 37.8 Å². The monoisotopic (exact) mass is 253 g/mol. The quantitative estimate of drug-likeness (QED) is 0.706. The number of hydrogen-bond acceptors (Lipinski definition) is 3. The van der Waals surface area contributed by atoms with Crippen LogP contribution in [0, 0.1) is 0 Å². The molecular formula is C15H31N3. The number of piperidine rings is 1. The molecule has 2 rings (SSSR count). The van der Waals surface area contributed by atoms with Gasteiger partial charge in [-0.3, -0.25) is 9.80 Å². The Morgan fingerprint density at radius 3 is 2.11 bits per heavy atom. The first-order valence-corrected chi connectivity index (χ1v) is 7.64. The van der Waals surface area contributed by atoms with E-state index in [1.807, 2.05) is 0 Å². The minimum atomic E-state index is 0.351. The number of rotatable bonds is 1. The molecule has 3 heteroatoms. The van der Waals surface area contributed by atoms with E-state index >= 15 is 0 Å². The van der Waals surface area contributed by atoms with Crippen LogP contribution in [0.25, 0.3) is 0 Å². The Morgan fingerprint density at radius 2 is 1.50 bits per heavy atom. The highest BCUT2D eigenvalue weighted by Gasteiger charge is 2.30. The third kappa shape index (κ3) is 3.69. The van der Waals surface area contributed by atoms with E-state index in [0.717, 1.165) is 6.04 Å². The van der Waals surface area contributed by atoms with E-state index in [4.69, 9.17) is 0 Å². The van der Waals surface area contributed by atoms with Crippen LogP contribution in [0.2, 0.25) is 0 Å². The molecule has 0 aliphatic carbocycles. The van der Waals surface area contributed by atoms with E-state index in [0.29, 0.717) is 5.54 Å². The predicted octanol–water partition coefficient (Wildman–Crippen LogP) is 1.89. The molecule has 2 aliphatic rings. The second kappa shape index (κ2) is 5.89. The van der Waals surface area contributed by atoms with Crippen molar-refractivity contribution in [3.63, 3.8) is 0 Å². The topological polar surface area (TPSA) is 9.72 Å². The molecule has 2 fully saturated rings. The van der Waals surface area contributed by atoms with Crippen LogP contribution < -0.4 is 0 Å². The lowest BCUT2D eigenvalue weighted by atomic mass is 9.97. The average Bonchev–Trinajstić information content (AvgIpc) is 2.53. The smallest absolute Gasteiger partial charge is 0.0125 e. The summed E-state index contributed by atoms with van der Waals surface area (Å²) < 4.78 is 0. The van der Waals surface area contributed by atoms with Crippen LogP contribution in [0.5, 0.6) is 0 Å². The second-order valence-corrected chi connectivity index (χ2v) is 7.08. The standard InChI is InChI=1S/C15H31N3/c1-15(2,3)18-10-6-14(7-11-18)17-9-5-8-16(4)12-13-17/h14H,5-13H2,1-4H3. The molecule has 3 nitrogen and oxygen atoms in total. The van der Waals surface area contributed by atoms with Gasteiger partial charge >= 0.3 is 0 Å². The number of likely N-dealkylation sites (tertiary alicyclic amines) is 1. The largest absolute Gasteiger partial charge is 0.305 e. The minimum Gasteiger partial charge on any atom is -0.305 e. The summed E-state index contributed by atoms with van der Waals surface area (Å²) in [6.45, 7) is 14.7. The van der Waals surface area contributed by atoms with Gasteiger partial charge in [-0.25, -0.2) is 0 Å². The van der Waals surface area contributed by atoms with Crippen LogP contribution >= 0.6 is 0 Å². The SMILES string of the molecule is CN1CCCN(C2CCN(C(C)(C)C)CC2)CC1. The fourth-order valence-electron chi connectivity index (χ4n) is 3.33. The molecule has 0 amide bonds. The molecule has 2 heterocycles. The van der Waals surface area contributed by atoms with E-state index in [-0.39, 0.29) is 0 Å². The Morgan fingerprint density at radius 1 is 0.833 bits per heavy atom. The lowest BCUT2D eigenvalue weighted by Gasteiger charge is -2.43. The molecular weight excluding hydrogens is 222 g/mol. The first kappa shape index (κ1) is 14.3. The van der Waals surface area contributed by atoms with Crippen molar-refractivity contribution in [1.82, 2.24) is 14.7 Å². The van der Waals surface area contributed by atoms with Crippen molar-refractivity contribution in [1.29, 1.82) is 0 Å². The summed E-state index contributed by atoms with van der Waals surface area (Å²) in [6, 6.07) is 0.843. The van der Waals surface area contributed by atoms with Gasteiger partial charge in [0.2, 0.25) is 0 Å². The lowest BCUT2D eigenvalue weighted by Crippen LogP contribution is -2.51. The van der Waals surface area contributed by atoms with E-state index in [1.54, 1.807) is 0 Å². The van der Waals surface area contributed by atoms with Gasteiger partial charge < -0.3 is 4.90 Å². The summed E-state index contributed by atoms with van der Waals surface area (Å²) in [6.07, 6.45) is 4.07. The van der Waals surface area contributed by atoms with Crippen LogP contribution in [-0.4, -0.2) is 72.6 Å². The number of nitrogens with zero attached hydrogens (tertiary/aromatic N) is 3. The number of likely N-dealkylation sites (N-methyl/N-ethyl adjacent to an activating group) is 1. The molecule has 0 bridgehead atoms. The first-order chi connectivity index (χ1) is 8.47. The zero-order valence-electron chi connectivity index (χ0n) is 12.8. The molecule has 0 N–H and O–H groups in total. The van der Waals surface area contributed by atoms with Gasteiger partial charge in [-0.05, 0) is 60.2 Å². The van der Waals surface area contributed by atoms with Crippen molar-refractivity contribution < 1.29 is 0 Å². The third-order valence-electron chi connectivity index (χ3n) is 4.68. The van der Waals surface area contributed by atoms with E-state index in [1.165, 1.54) is 58.5 Å². The van der Waals surface area contributed by atoms with E-state index in [9.17, 15) is 0 Å². The van der Waals surface area contributed by atoms with Crippen LogP contribution in [-0.2, 0) is 0 Å². The van der Waals surface area contributed by atoms with Gasteiger partial charge in [-0.1, -0.05) is 0 Å². The lowest BCUT2D eigenvalue weighted by molar-refractivity contribution is 0.0579. The fraction of sp³-hybridized carbons (Fsp3) is 1.00. The molecule has 0 aromatic carbocycles. The Labute approximate surface area is 113 Å². The fourth-order valence-corrected chi connectivity index (χ4v) is 3.33. The van der Waals surface area contributed by atoms with Crippen molar-refractivity contribution in [3.8, 4) is 0 Å². The third-order valence-corrected chi connectivity index (χ3v) is 4.68. The minimum absolute atomic E-state index is 0.351. The average molecular weight is 253 g/mol. The first-order valence-electron chi connectivity index (χ1n) is 7.64. The molecule has 106 valence electrons. The summed E-state index contributed by atoms with van der Waals surface area (Å²) in [5.41, 5.74) is 0.351. The molecule has 0 unspecified atom stereocenters. The summed E-state index contributed by atoms with van der Waals surface area (Å²) >= 11 is 0. The van der Waals surface area contributed by atoms with Crippen LogP contribution in [0.1, 0.15) is 40.0 Å². The Hall–Kier alpha value is -0.120. The molecule has 2 aliphatic heterocycles. The van der Waals surface area contributed by atoms with Crippen LogP contribution in [0.3, 0.4) is 0 Å². The van der Waals surface area contributed by atoms with Gasteiger partial charge in [0.1, 0.15) is 0 Å². The molecule has 18 heavy (non-hydrogen) atoms. The van der Waals surface area contributed by atoms with Crippen molar-refractivity contribution in [2.75, 3.05) is 46.3 Å². The van der Waals surface area contributed by atoms with Gasteiger partial charge in [-0.2, -0.15) is 0 Å². The van der Waals surface area contributed by atoms with Crippen molar-refractivity contribution in [2.45, 2.75) is 51.6 Å². The molecule has 0 aromatic rings. The van der Waals surface area contributed by atoms with E-state index < -0.39 is 0 Å². The van der Waals surface area contributed by atoms with E-state index in [2.05, 4.69) is 42.5 Å². The van der Waals surface area contributed by atoms with Gasteiger partial charge in [0.15, 0.2) is 0 Å². The normalized spacial score (nSPS) is 27.3. The van der Waals surface area contributed by atoms with Crippen LogP contribution in [0.4, 0.5) is 0 Å². The maximum atomic E-state index is 2.75. The van der Waals surface area contributed by atoms with Crippen LogP contribution in [0.15, 0.2) is 0 Å². The zero-order chi connectivity index (χ0) is 13.2. The highest BCUT2D eigenvalue weighted by Crippen LogP contribution is 2.23. The maximum absolute atomic E-state index is 2.75. The van der Waals surface area contributed by atoms with Crippen molar-refractivity contribution in [2.24, 2.45) is 0 Å². The molecule has 0 radical (unpaired) electrons. The highest BCUT2D eigenvalue weighted by molar-refractivity contribution is 4.86. The second-order valence-electron chi connectivity index (χ2n) is 7.08. The zero-order valence-corrected chi connectivity index (χ0v) is 12.8. The molecule has 0 spiro atoms. The van der Waals surface area contributed by atoms with Gasteiger partial charge in [0.25, 0.3) is 0 Å². The Kier molecular flexibility index (Phi) is 4.68. The molecule has 0 saturated carbocycles. The maximum Gasteiger partial charge on any atom is 0.0125 e. The Bertz CT molecular complexity index is 251. The van der Waals surface area contributed by atoms with Gasteiger partial charge in [-0.15, -0.1) is 0 Å². The predicted molar refractivity (Wildman–Crippen MR) is 78.0 cm³/mol. The summed E-state index contributed by atoms with van der Waals surface area (Å²) in [5, 5.41) is 0. The summed E-state index contributed by atoms with van der Waals surface area (Å²) in [5.74, 6) is 0. The molecule has 0 aromatic heterocycles. The Balaban J connectivity index is 1.82. The molecule has 2 saturated heterocycles. The molecule has 0 atom stereocenters. The van der Waals surface area contributed by atoms with Gasteiger partial charge in [0.05, 0.1) is 0 Å². The van der Waals surface area contributed by atoms with Crippen molar-refractivity contribution >= 4 is 0 Å². The summed E-state index contributed by atoms with van der Waals surface area (Å²) in [4.78, 5) is 7.88. The highest BCUT2D eigenvalue weighted by atomic mass is 15.3. The number of hydrogen-bond donors (Lipinski definition) is 0.